The Kier molecular flexibility index (Phi) is 7.41. The first-order chi connectivity index (χ1) is 14.8. The molecule has 1 N–H and O–H groups in total. The highest BCUT2D eigenvalue weighted by Gasteiger charge is 2.31. The fourth-order valence-corrected chi connectivity index (χ4v) is 3.79. The van der Waals surface area contributed by atoms with Gasteiger partial charge in [0.15, 0.2) is 0 Å². The molecule has 0 aliphatic heterocycles. The molecule has 168 valence electrons. The first-order valence-electron chi connectivity index (χ1n) is 10.7. The molecule has 0 radical (unpaired) electrons. The Balaban J connectivity index is 1.47. The lowest BCUT2D eigenvalue weighted by Crippen LogP contribution is -2.39. The molecule has 0 atom stereocenters. The zero-order chi connectivity index (χ0) is 22.4. The van der Waals surface area contributed by atoms with Gasteiger partial charge in [-0.1, -0.05) is 0 Å². The Morgan fingerprint density at radius 2 is 1.71 bits per heavy atom. The molecular weight excluding hydrogens is 407 g/mol. The molecular formula is C23H28F3N3O2. The van der Waals surface area contributed by atoms with Crippen LogP contribution in [0.4, 0.5) is 18.9 Å². The average Bonchev–Trinajstić information content (AvgIpc) is 2.76. The summed E-state index contributed by atoms with van der Waals surface area (Å²) in [5.74, 6) is 0.0913. The number of nitrogens with zero attached hydrogens (tertiary/aromatic N) is 2. The molecule has 1 aromatic carbocycles. The van der Waals surface area contributed by atoms with E-state index >= 15 is 0 Å². The molecule has 1 aliphatic rings. The van der Waals surface area contributed by atoms with Gasteiger partial charge in [0.2, 0.25) is 5.88 Å². The van der Waals surface area contributed by atoms with Gasteiger partial charge in [0.25, 0.3) is 5.91 Å². The van der Waals surface area contributed by atoms with E-state index in [0.717, 1.165) is 43.9 Å². The second-order valence-corrected chi connectivity index (χ2v) is 7.67. The van der Waals surface area contributed by atoms with E-state index in [2.05, 4.69) is 29.0 Å². The molecule has 0 bridgehead atoms. The summed E-state index contributed by atoms with van der Waals surface area (Å²) in [5.41, 5.74) is 0.927. The third-order valence-electron chi connectivity index (χ3n) is 5.62. The van der Waals surface area contributed by atoms with E-state index in [1.807, 2.05) is 24.3 Å². The second kappa shape index (κ2) is 10.0. The number of pyridine rings is 1. The standard InChI is InChI=1S/C23H28F3N3O2/c1-3-29(4-2)19-10-5-16(6-11-19)22(30)28-18-8-12-20(13-9-18)31-21-14-7-17(15-27-21)23(24,25)26/h5-7,10-11,14-15,18,20H,3-4,8-9,12-13H2,1-2H3,(H,28,30). The predicted octanol–water partition coefficient (Wildman–Crippen LogP) is 5.07. The van der Waals surface area contributed by atoms with E-state index in [1.165, 1.54) is 6.07 Å². The molecule has 1 saturated carbocycles. The van der Waals surface area contributed by atoms with Gasteiger partial charge in [0.05, 0.1) is 5.56 Å². The number of carbonyl (C=O) groups is 1. The highest BCUT2D eigenvalue weighted by Crippen LogP contribution is 2.30. The normalized spacial score (nSPS) is 19.0. The van der Waals surface area contributed by atoms with E-state index in [-0.39, 0.29) is 23.9 Å². The van der Waals surface area contributed by atoms with Gasteiger partial charge >= 0.3 is 6.18 Å². The molecule has 0 spiro atoms. The number of hydrogen-bond donors (Lipinski definition) is 1. The topological polar surface area (TPSA) is 54.5 Å². The molecule has 1 amide bonds. The van der Waals surface area contributed by atoms with Gasteiger partial charge in [0, 0.05) is 42.6 Å². The monoisotopic (exact) mass is 435 g/mol. The second-order valence-electron chi connectivity index (χ2n) is 7.67. The quantitative estimate of drug-likeness (QED) is 0.660. The van der Waals surface area contributed by atoms with Crippen LogP contribution in [0.25, 0.3) is 0 Å². The molecule has 1 aromatic heterocycles. The van der Waals surface area contributed by atoms with E-state index in [9.17, 15) is 18.0 Å². The molecule has 1 heterocycles. The summed E-state index contributed by atoms with van der Waals surface area (Å²) in [6.45, 7) is 6.01. The Labute approximate surface area is 180 Å². The highest BCUT2D eigenvalue weighted by molar-refractivity contribution is 5.94. The fourth-order valence-electron chi connectivity index (χ4n) is 3.79. The van der Waals surface area contributed by atoms with Crippen molar-refractivity contribution in [1.29, 1.82) is 0 Å². The Morgan fingerprint density at radius 3 is 2.23 bits per heavy atom. The number of aromatic nitrogens is 1. The maximum atomic E-state index is 12.6. The number of halogens is 3. The number of benzene rings is 1. The van der Waals surface area contributed by atoms with Crippen LogP contribution in [-0.2, 0) is 6.18 Å². The average molecular weight is 435 g/mol. The molecule has 1 aliphatic carbocycles. The van der Waals surface area contributed by atoms with Crippen molar-refractivity contribution in [2.24, 2.45) is 0 Å². The maximum Gasteiger partial charge on any atom is 0.417 e. The number of carbonyl (C=O) groups excluding carboxylic acids is 1. The van der Waals surface area contributed by atoms with Crippen molar-refractivity contribution in [2.45, 2.75) is 57.9 Å². The number of amides is 1. The van der Waals surface area contributed by atoms with Crippen molar-refractivity contribution in [3.8, 4) is 5.88 Å². The summed E-state index contributed by atoms with van der Waals surface area (Å²) < 4.78 is 43.6. The predicted molar refractivity (Wildman–Crippen MR) is 113 cm³/mol. The van der Waals surface area contributed by atoms with Crippen molar-refractivity contribution in [3.63, 3.8) is 0 Å². The maximum absolute atomic E-state index is 12.6. The van der Waals surface area contributed by atoms with Crippen molar-refractivity contribution < 1.29 is 22.7 Å². The van der Waals surface area contributed by atoms with Crippen LogP contribution in [0, 0.1) is 0 Å². The summed E-state index contributed by atoms with van der Waals surface area (Å²) in [5, 5.41) is 3.07. The van der Waals surface area contributed by atoms with E-state index < -0.39 is 11.7 Å². The highest BCUT2D eigenvalue weighted by atomic mass is 19.4. The van der Waals surface area contributed by atoms with E-state index in [0.29, 0.717) is 18.4 Å². The smallest absolute Gasteiger partial charge is 0.417 e. The Hall–Kier alpha value is -2.77. The van der Waals surface area contributed by atoms with Gasteiger partial charge in [-0.25, -0.2) is 4.98 Å². The van der Waals surface area contributed by atoms with Crippen molar-refractivity contribution >= 4 is 11.6 Å². The minimum atomic E-state index is -4.41. The summed E-state index contributed by atoms with van der Waals surface area (Å²) in [7, 11) is 0. The van der Waals surface area contributed by atoms with Crippen molar-refractivity contribution in [2.75, 3.05) is 18.0 Å². The first-order valence-corrected chi connectivity index (χ1v) is 10.7. The SMILES string of the molecule is CCN(CC)c1ccc(C(=O)NC2CCC(Oc3ccc(C(F)(F)F)cn3)CC2)cc1. The van der Waals surface area contributed by atoms with Crippen LogP contribution in [-0.4, -0.2) is 36.1 Å². The van der Waals surface area contributed by atoms with Gasteiger partial charge < -0.3 is 15.0 Å². The zero-order valence-electron chi connectivity index (χ0n) is 17.8. The lowest BCUT2D eigenvalue weighted by molar-refractivity contribution is -0.137. The van der Waals surface area contributed by atoms with Crippen LogP contribution in [0.15, 0.2) is 42.6 Å². The van der Waals surface area contributed by atoms with Gasteiger partial charge in [-0.3, -0.25) is 4.79 Å². The number of hydrogen-bond acceptors (Lipinski definition) is 4. The Morgan fingerprint density at radius 1 is 1.06 bits per heavy atom. The summed E-state index contributed by atoms with van der Waals surface area (Å²) in [6, 6.07) is 9.88. The summed E-state index contributed by atoms with van der Waals surface area (Å²) in [4.78, 5) is 18.5. The fraction of sp³-hybridized carbons (Fsp3) is 0.478. The molecule has 3 rings (SSSR count). The largest absolute Gasteiger partial charge is 0.474 e. The van der Waals surface area contributed by atoms with Gasteiger partial charge in [-0.05, 0) is 69.9 Å². The number of ether oxygens (including phenoxy) is 1. The van der Waals surface area contributed by atoms with Crippen molar-refractivity contribution in [3.05, 3.63) is 53.7 Å². The lowest BCUT2D eigenvalue weighted by Gasteiger charge is -2.29. The van der Waals surface area contributed by atoms with Crippen molar-refractivity contribution in [1.82, 2.24) is 10.3 Å². The lowest BCUT2D eigenvalue weighted by atomic mass is 9.92. The van der Waals surface area contributed by atoms with Gasteiger partial charge in [-0.15, -0.1) is 0 Å². The summed E-state index contributed by atoms with van der Waals surface area (Å²) >= 11 is 0. The molecule has 8 heteroatoms. The van der Waals surface area contributed by atoms with Crippen LogP contribution >= 0.6 is 0 Å². The number of alkyl halides is 3. The molecule has 0 unspecified atom stereocenters. The zero-order valence-corrected chi connectivity index (χ0v) is 17.8. The van der Waals surface area contributed by atoms with E-state index in [4.69, 9.17) is 4.74 Å². The third kappa shape index (κ3) is 6.12. The summed E-state index contributed by atoms with van der Waals surface area (Å²) in [6.07, 6.45) is -0.849. The minimum Gasteiger partial charge on any atom is -0.474 e. The van der Waals surface area contributed by atoms with Crippen LogP contribution in [0.3, 0.4) is 0 Å². The van der Waals surface area contributed by atoms with Crippen LogP contribution in [0.2, 0.25) is 0 Å². The van der Waals surface area contributed by atoms with E-state index in [1.54, 1.807) is 0 Å². The molecule has 5 nitrogen and oxygen atoms in total. The molecule has 2 aromatic rings. The van der Waals surface area contributed by atoms with Gasteiger partial charge in [0.1, 0.15) is 6.10 Å². The van der Waals surface area contributed by atoms with Crippen LogP contribution < -0.4 is 15.0 Å². The molecule has 0 saturated heterocycles. The number of anilines is 1. The first kappa shape index (κ1) is 22.9. The Bertz CT molecular complexity index is 842. The van der Waals surface area contributed by atoms with Crippen LogP contribution in [0.5, 0.6) is 5.88 Å². The number of rotatable bonds is 7. The van der Waals surface area contributed by atoms with Gasteiger partial charge in [-0.2, -0.15) is 13.2 Å². The third-order valence-corrected chi connectivity index (χ3v) is 5.62. The molecule has 31 heavy (non-hydrogen) atoms. The minimum absolute atomic E-state index is 0.0513. The number of nitrogens with one attached hydrogen (secondary N) is 1. The molecule has 1 fully saturated rings. The van der Waals surface area contributed by atoms with Crippen LogP contribution in [0.1, 0.15) is 55.5 Å².